The van der Waals surface area contributed by atoms with Crippen molar-refractivity contribution < 1.29 is 9.59 Å². The predicted molar refractivity (Wildman–Crippen MR) is 135 cm³/mol. The smallest absolute Gasteiger partial charge is 0.254 e. The van der Waals surface area contributed by atoms with E-state index < -0.39 is 5.91 Å². The lowest BCUT2D eigenvalue weighted by Gasteiger charge is -2.14. The molecule has 0 bridgehead atoms. The van der Waals surface area contributed by atoms with Crippen molar-refractivity contribution in [3.05, 3.63) is 70.3 Å². The summed E-state index contributed by atoms with van der Waals surface area (Å²) in [5.74, 6) is -0.0690. The van der Waals surface area contributed by atoms with E-state index in [0.29, 0.717) is 17.9 Å². The monoisotopic (exact) mass is 473 g/mol. The highest BCUT2D eigenvalue weighted by molar-refractivity contribution is 5.98. The van der Waals surface area contributed by atoms with Crippen LogP contribution in [-0.4, -0.2) is 36.2 Å². The standard InChI is InChI=1S/C26H31N7O2/c1-15-8-7-9-18(12-15)33-22(13-21(31-33)26(4,5)6)30-23(34)11-10-19-16(2)29-25-20(24(27)35)14-28-32(25)17(19)3/h7-9,12-14H,10-11H2,1-6H3,(H2,27,35)(H,30,34). The molecule has 0 unspecified atom stereocenters. The lowest BCUT2D eigenvalue weighted by Crippen LogP contribution is -2.17. The number of fused-ring (bicyclic) bond motifs is 1. The summed E-state index contributed by atoms with van der Waals surface area (Å²) in [5.41, 5.74) is 11.3. The second-order valence-electron chi connectivity index (χ2n) is 9.88. The number of nitrogens with zero attached hydrogens (tertiary/aromatic N) is 5. The topological polar surface area (TPSA) is 120 Å². The Morgan fingerprint density at radius 2 is 1.86 bits per heavy atom. The Hall–Kier alpha value is -4.01. The average Bonchev–Trinajstić information content (AvgIpc) is 3.38. The van der Waals surface area contributed by atoms with E-state index in [4.69, 9.17) is 10.8 Å². The number of carbonyl (C=O) groups excluding carboxylic acids is 2. The number of rotatable bonds is 6. The number of hydrogen-bond donors (Lipinski definition) is 2. The molecule has 0 saturated heterocycles. The maximum atomic E-state index is 13.0. The van der Waals surface area contributed by atoms with Crippen LogP contribution in [-0.2, 0) is 16.6 Å². The van der Waals surface area contributed by atoms with E-state index in [1.807, 2.05) is 51.1 Å². The number of nitrogens with two attached hydrogens (primary N) is 1. The zero-order chi connectivity index (χ0) is 25.5. The molecule has 9 heteroatoms. The van der Waals surface area contributed by atoms with E-state index in [1.165, 1.54) is 6.20 Å². The Kier molecular flexibility index (Phi) is 6.19. The van der Waals surface area contributed by atoms with Crippen molar-refractivity contribution in [2.45, 2.75) is 59.8 Å². The second kappa shape index (κ2) is 8.98. The van der Waals surface area contributed by atoms with Crippen molar-refractivity contribution in [3.8, 4) is 5.69 Å². The normalized spacial score (nSPS) is 11.7. The van der Waals surface area contributed by atoms with E-state index in [1.54, 1.807) is 9.20 Å². The number of aryl methyl sites for hydroxylation is 3. The summed E-state index contributed by atoms with van der Waals surface area (Å²) in [6, 6.07) is 9.94. The first-order chi connectivity index (χ1) is 16.5. The molecule has 3 aromatic heterocycles. The molecule has 2 amide bonds. The van der Waals surface area contributed by atoms with E-state index in [0.717, 1.165) is 33.9 Å². The SMILES string of the molecule is Cc1cccc(-n2nc(C(C)(C)C)cc2NC(=O)CCc2c(C)nc3c(C(N)=O)cnn3c2C)c1. The van der Waals surface area contributed by atoms with Crippen LogP contribution < -0.4 is 11.1 Å². The van der Waals surface area contributed by atoms with Crippen LogP contribution in [0.1, 0.15) is 65.8 Å². The molecule has 4 aromatic rings. The third-order valence-corrected chi connectivity index (χ3v) is 6.07. The van der Waals surface area contributed by atoms with Crippen LogP contribution in [0.25, 0.3) is 11.3 Å². The van der Waals surface area contributed by atoms with Gasteiger partial charge in [0.1, 0.15) is 11.4 Å². The Morgan fingerprint density at radius 3 is 2.51 bits per heavy atom. The molecule has 0 fully saturated rings. The molecule has 1 aromatic carbocycles. The molecule has 4 rings (SSSR count). The molecular weight excluding hydrogens is 442 g/mol. The first-order valence-corrected chi connectivity index (χ1v) is 11.6. The molecule has 0 atom stereocenters. The first kappa shape index (κ1) is 24.1. The highest BCUT2D eigenvalue weighted by Gasteiger charge is 2.22. The molecule has 0 aliphatic carbocycles. The van der Waals surface area contributed by atoms with Crippen LogP contribution in [0.4, 0.5) is 5.82 Å². The van der Waals surface area contributed by atoms with Gasteiger partial charge < -0.3 is 11.1 Å². The highest BCUT2D eigenvalue weighted by atomic mass is 16.2. The molecule has 0 spiro atoms. The van der Waals surface area contributed by atoms with Crippen LogP contribution >= 0.6 is 0 Å². The minimum absolute atomic E-state index is 0.128. The molecule has 182 valence electrons. The molecule has 3 N–H and O–H groups in total. The van der Waals surface area contributed by atoms with Gasteiger partial charge >= 0.3 is 0 Å². The Bertz CT molecular complexity index is 1440. The maximum Gasteiger partial charge on any atom is 0.254 e. The summed E-state index contributed by atoms with van der Waals surface area (Å²) in [5, 5.41) is 12.1. The molecule has 0 aliphatic rings. The minimum atomic E-state index is -0.571. The van der Waals surface area contributed by atoms with Crippen LogP contribution in [0.15, 0.2) is 36.5 Å². The summed E-state index contributed by atoms with van der Waals surface area (Å²) < 4.78 is 3.38. The Balaban J connectivity index is 1.58. The summed E-state index contributed by atoms with van der Waals surface area (Å²) in [6.07, 6.45) is 2.15. The van der Waals surface area contributed by atoms with Gasteiger partial charge in [-0.3, -0.25) is 9.59 Å². The lowest BCUT2D eigenvalue weighted by molar-refractivity contribution is -0.116. The summed E-state index contributed by atoms with van der Waals surface area (Å²) in [4.78, 5) is 29.2. The van der Waals surface area contributed by atoms with Crippen molar-refractivity contribution in [3.63, 3.8) is 0 Å². The van der Waals surface area contributed by atoms with Gasteiger partial charge in [0.05, 0.1) is 17.6 Å². The number of anilines is 1. The number of aromatic nitrogens is 5. The van der Waals surface area contributed by atoms with E-state index in [9.17, 15) is 9.59 Å². The minimum Gasteiger partial charge on any atom is -0.365 e. The van der Waals surface area contributed by atoms with Gasteiger partial charge in [-0.15, -0.1) is 0 Å². The number of nitrogens with one attached hydrogen (secondary N) is 1. The van der Waals surface area contributed by atoms with E-state index >= 15 is 0 Å². The van der Waals surface area contributed by atoms with Gasteiger partial charge in [-0.1, -0.05) is 32.9 Å². The summed E-state index contributed by atoms with van der Waals surface area (Å²) in [6.45, 7) is 12.1. The molecule has 0 aliphatic heterocycles. The second-order valence-corrected chi connectivity index (χ2v) is 9.88. The molecule has 0 radical (unpaired) electrons. The van der Waals surface area contributed by atoms with Gasteiger partial charge in [0.2, 0.25) is 5.91 Å². The summed E-state index contributed by atoms with van der Waals surface area (Å²) >= 11 is 0. The summed E-state index contributed by atoms with van der Waals surface area (Å²) in [7, 11) is 0. The van der Waals surface area contributed by atoms with Gasteiger partial charge in [0.15, 0.2) is 5.65 Å². The zero-order valence-electron chi connectivity index (χ0n) is 21.0. The van der Waals surface area contributed by atoms with Gasteiger partial charge in [0, 0.05) is 29.3 Å². The fourth-order valence-electron chi connectivity index (χ4n) is 4.08. The van der Waals surface area contributed by atoms with Crippen molar-refractivity contribution in [1.82, 2.24) is 24.4 Å². The van der Waals surface area contributed by atoms with Crippen LogP contribution in [0.3, 0.4) is 0 Å². The van der Waals surface area contributed by atoms with E-state index in [2.05, 4.69) is 36.2 Å². The lowest BCUT2D eigenvalue weighted by atomic mass is 9.92. The number of primary amides is 1. The van der Waals surface area contributed by atoms with Gasteiger partial charge in [-0.05, 0) is 50.5 Å². The zero-order valence-corrected chi connectivity index (χ0v) is 21.0. The van der Waals surface area contributed by atoms with E-state index in [-0.39, 0.29) is 23.3 Å². The Morgan fingerprint density at radius 1 is 1.11 bits per heavy atom. The number of hydrogen-bond acceptors (Lipinski definition) is 5. The Labute approximate surface area is 204 Å². The van der Waals surface area contributed by atoms with Crippen molar-refractivity contribution >= 4 is 23.3 Å². The number of amides is 2. The molecule has 35 heavy (non-hydrogen) atoms. The quantitative estimate of drug-likeness (QED) is 0.441. The number of carbonyl (C=O) groups is 2. The van der Waals surface area contributed by atoms with Gasteiger partial charge in [0.25, 0.3) is 5.91 Å². The average molecular weight is 474 g/mol. The van der Waals surface area contributed by atoms with Crippen LogP contribution in [0.5, 0.6) is 0 Å². The molecule has 0 saturated carbocycles. The molecular formula is C26H31N7O2. The maximum absolute atomic E-state index is 13.0. The fraction of sp³-hybridized carbons (Fsp3) is 0.346. The van der Waals surface area contributed by atoms with Crippen molar-refractivity contribution in [2.75, 3.05) is 5.32 Å². The highest BCUT2D eigenvalue weighted by Crippen LogP contribution is 2.27. The predicted octanol–water partition coefficient (Wildman–Crippen LogP) is 3.81. The first-order valence-electron chi connectivity index (χ1n) is 11.6. The molecule has 9 nitrogen and oxygen atoms in total. The van der Waals surface area contributed by atoms with Gasteiger partial charge in [-0.2, -0.15) is 10.2 Å². The van der Waals surface area contributed by atoms with Crippen LogP contribution in [0, 0.1) is 20.8 Å². The molecule has 3 heterocycles. The largest absolute Gasteiger partial charge is 0.365 e. The third kappa shape index (κ3) is 4.80. The van der Waals surface area contributed by atoms with Crippen molar-refractivity contribution in [1.29, 1.82) is 0 Å². The third-order valence-electron chi connectivity index (χ3n) is 6.07. The van der Waals surface area contributed by atoms with Crippen LogP contribution in [0.2, 0.25) is 0 Å². The number of benzene rings is 1. The fourth-order valence-corrected chi connectivity index (χ4v) is 4.08. The van der Waals surface area contributed by atoms with Gasteiger partial charge in [-0.25, -0.2) is 14.2 Å². The van der Waals surface area contributed by atoms with Crippen molar-refractivity contribution in [2.24, 2.45) is 5.73 Å².